The van der Waals surface area contributed by atoms with Crippen LogP contribution in [0.4, 0.5) is 11.8 Å². The number of nitrogens with one attached hydrogen (secondary N) is 2. The number of amides is 1. The number of hydrogen-bond acceptors (Lipinski definition) is 6. The summed E-state index contributed by atoms with van der Waals surface area (Å²) in [5, 5.41) is 16.3. The van der Waals surface area contributed by atoms with Crippen molar-refractivity contribution in [1.29, 1.82) is 0 Å². The van der Waals surface area contributed by atoms with Gasteiger partial charge in [-0.3, -0.25) is 4.79 Å². The van der Waals surface area contributed by atoms with Crippen molar-refractivity contribution in [2.75, 3.05) is 10.6 Å². The maximum Gasteiger partial charge on any atom is 0.254 e. The molecule has 1 aromatic rings. The quantitative estimate of drug-likeness (QED) is 0.650. The van der Waals surface area contributed by atoms with Crippen molar-refractivity contribution in [2.45, 2.75) is 78.0 Å². The molecule has 1 heterocycles. The minimum atomic E-state index is -0.556. The molecule has 1 aromatic heterocycles. The van der Waals surface area contributed by atoms with Crippen LogP contribution in [0.2, 0.25) is 0 Å². The Bertz CT molecular complexity index is 616. The number of carbonyl (C=O) groups excluding carboxylic acids is 1. The summed E-state index contributed by atoms with van der Waals surface area (Å²) < 4.78 is 0. The normalized spacial score (nSPS) is 21.7. The molecule has 140 valence electrons. The highest BCUT2D eigenvalue weighted by molar-refractivity contribution is 5.97. The van der Waals surface area contributed by atoms with Gasteiger partial charge in [-0.1, -0.05) is 20.8 Å². The molecule has 1 aliphatic carbocycles. The fourth-order valence-electron chi connectivity index (χ4n) is 2.61. The van der Waals surface area contributed by atoms with Gasteiger partial charge in [0.2, 0.25) is 5.95 Å². The maximum atomic E-state index is 11.7. The molecule has 0 radical (unpaired) electrons. The first-order chi connectivity index (χ1) is 11.5. The van der Waals surface area contributed by atoms with Crippen LogP contribution in [0.1, 0.15) is 70.7 Å². The Balaban J connectivity index is 2.23. The van der Waals surface area contributed by atoms with E-state index in [2.05, 4.69) is 55.2 Å². The number of nitrogens with zero attached hydrogens (tertiary/aromatic N) is 2. The van der Waals surface area contributed by atoms with Crippen LogP contribution in [0.15, 0.2) is 6.20 Å². The zero-order valence-corrected chi connectivity index (χ0v) is 15.9. The predicted octanol–water partition coefficient (Wildman–Crippen LogP) is 2.53. The Hall–Kier alpha value is -1.89. The Morgan fingerprint density at radius 1 is 1.20 bits per heavy atom. The van der Waals surface area contributed by atoms with E-state index in [4.69, 9.17) is 5.73 Å². The van der Waals surface area contributed by atoms with E-state index in [0.717, 1.165) is 25.7 Å². The smallest absolute Gasteiger partial charge is 0.254 e. The van der Waals surface area contributed by atoms with Gasteiger partial charge in [-0.15, -0.1) is 0 Å². The number of hydrogen-bond donors (Lipinski definition) is 4. The molecule has 25 heavy (non-hydrogen) atoms. The second-order valence-electron chi connectivity index (χ2n) is 8.47. The SMILES string of the molecule is CC(C)(C)C(C)(C)Nc1nc(NC2CCC(O)CC2)ncc1C(N)=O. The van der Waals surface area contributed by atoms with Gasteiger partial charge in [0.1, 0.15) is 5.82 Å². The molecule has 0 unspecified atom stereocenters. The second kappa shape index (κ2) is 7.15. The van der Waals surface area contributed by atoms with Crippen LogP contribution < -0.4 is 16.4 Å². The van der Waals surface area contributed by atoms with Gasteiger partial charge in [-0.25, -0.2) is 4.98 Å². The van der Waals surface area contributed by atoms with Crippen LogP contribution in [-0.4, -0.2) is 38.7 Å². The molecule has 1 saturated carbocycles. The van der Waals surface area contributed by atoms with Gasteiger partial charge in [0.15, 0.2) is 0 Å². The number of primary amides is 1. The highest BCUT2D eigenvalue weighted by atomic mass is 16.3. The molecule has 1 amide bonds. The molecular formula is C18H31N5O2. The summed E-state index contributed by atoms with van der Waals surface area (Å²) in [5.41, 5.74) is 5.40. The fourth-order valence-corrected chi connectivity index (χ4v) is 2.61. The minimum absolute atomic E-state index is 0.0556. The van der Waals surface area contributed by atoms with E-state index < -0.39 is 5.91 Å². The fraction of sp³-hybridized carbons (Fsp3) is 0.722. The van der Waals surface area contributed by atoms with E-state index in [9.17, 15) is 9.90 Å². The molecule has 7 heteroatoms. The first-order valence-electron chi connectivity index (χ1n) is 8.89. The highest BCUT2D eigenvalue weighted by Gasteiger charge is 2.34. The van der Waals surface area contributed by atoms with Crippen LogP contribution in [0.5, 0.6) is 0 Å². The molecule has 0 aliphatic heterocycles. The minimum Gasteiger partial charge on any atom is -0.393 e. The van der Waals surface area contributed by atoms with Gasteiger partial charge in [-0.05, 0) is 44.9 Å². The standard InChI is InChI=1S/C18H31N5O2/c1-17(2,3)18(4,5)23-15-13(14(19)25)10-20-16(22-15)21-11-6-8-12(24)9-7-11/h10-12,24H,6-9H2,1-5H3,(H2,19,25)(H2,20,21,22,23). The van der Waals surface area contributed by atoms with Gasteiger partial charge in [-0.2, -0.15) is 4.98 Å². The lowest BCUT2D eigenvalue weighted by molar-refractivity contribution is 0.1000. The Kier molecular flexibility index (Phi) is 5.56. The zero-order valence-electron chi connectivity index (χ0n) is 15.9. The third-order valence-electron chi connectivity index (χ3n) is 5.39. The third-order valence-corrected chi connectivity index (χ3v) is 5.39. The van der Waals surface area contributed by atoms with Crippen molar-refractivity contribution in [3.63, 3.8) is 0 Å². The van der Waals surface area contributed by atoms with Gasteiger partial charge in [0, 0.05) is 17.8 Å². The number of rotatable bonds is 5. The van der Waals surface area contributed by atoms with Crippen molar-refractivity contribution < 1.29 is 9.90 Å². The maximum absolute atomic E-state index is 11.7. The van der Waals surface area contributed by atoms with E-state index in [0.29, 0.717) is 11.8 Å². The van der Waals surface area contributed by atoms with Crippen molar-refractivity contribution in [3.05, 3.63) is 11.8 Å². The van der Waals surface area contributed by atoms with Gasteiger partial charge in [0.25, 0.3) is 5.91 Å². The molecule has 1 fully saturated rings. The van der Waals surface area contributed by atoms with Crippen LogP contribution in [0.25, 0.3) is 0 Å². The molecule has 0 spiro atoms. The third kappa shape index (κ3) is 4.81. The predicted molar refractivity (Wildman–Crippen MR) is 99.6 cm³/mol. The topological polar surface area (TPSA) is 113 Å². The van der Waals surface area contributed by atoms with Crippen LogP contribution in [0.3, 0.4) is 0 Å². The zero-order chi connectivity index (χ0) is 18.8. The van der Waals surface area contributed by atoms with E-state index in [1.165, 1.54) is 6.20 Å². The summed E-state index contributed by atoms with van der Waals surface area (Å²) in [6, 6.07) is 0.228. The summed E-state index contributed by atoms with van der Waals surface area (Å²) in [4.78, 5) is 20.5. The van der Waals surface area contributed by atoms with Gasteiger partial charge in [0.05, 0.1) is 11.7 Å². The highest BCUT2D eigenvalue weighted by Crippen LogP contribution is 2.33. The molecule has 0 aromatic carbocycles. The van der Waals surface area contributed by atoms with E-state index in [1.807, 2.05) is 0 Å². The van der Waals surface area contributed by atoms with Gasteiger partial charge < -0.3 is 21.5 Å². The number of nitrogens with two attached hydrogens (primary N) is 1. The lowest BCUT2D eigenvalue weighted by Gasteiger charge is -2.40. The number of aliphatic hydroxyl groups excluding tert-OH is 1. The summed E-state index contributed by atoms with van der Waals surface area (Å²) in [6.07, 6.45) is 4.56. The Labute approximate surface area is 149 Å². The summed E-state index contributed by atoms with van der Waals surface area (Å²) in [6.45, 7) is 10.5. The summed E-state index contributed by atoms with van der Waals surface area (Å²) >= 11 is 0. The Morgan fingerprint density at radius 2 is 1.80 bits per heavy atom. The molecule has 7 nitrogen and oxygen atoms in total. The summed E-state index contributed by atoms with van der Waals surface area (Å²) in [5.74, 6) is 0.360. The first-order valence-corrected chi connectivity index (χ1v) is 8.89. The molecule has 0 saturated heterocycles. The number of anilines is 2. The molecule has 5 N–H and O–H groups in total. The molecule has 0 bridgehead atoms. The van der Waals surface area contributed by atoms with E-state index in [-0.39, 0.29) is 28.7 Å². The number of carbonyl (C=O) groups is 1. The average Bonchev–Trinajstić information content (AvgIpc) is 2.48. The van der Waals surface area contributed by atoms with Crippen molar-refractivity contribution in [3.8, 4) is 0 Å². The lowest BCUT2D eigenvalue weighted by atomic mass is 9.76. The van der Waals surface area contributed by atoms with Crippen LogP contribution in [-0.2, 0) is 0 Å². The van der Waals surface area contributed by atoms with Gasteiger partial charge >= 0.3 is 0 Å². The largest absolute Gasteiger partial charge is 0.393 e. The van der Waals surface area contributed by atoms with Crippen LogP contribution >= 0.6 is 0 Å². The lowest BCUT2D eigenvalue weighted by Crippen LogP contribution is -2.45. The first kappa shape index (κ1) is 19.4. The average molecular weight is 349 g/mol. The Morgan fingerprint density at radius 3 is 2.32 bits per heavy atom. The summed E-state index contributed by atoms with van der Waals surface area (Å²) in [7, 11) is 0. The molecular weight excluding hydrogens is 318 g/mol. The number of aromatic nitrogens is 2. The monoisotopic (exact) mass is 349 g/mol. The van der Waals surface area contributed by atoms with Crippen molar-refractivity contribution >= 4 is 17.7 Å². The molecule has 1 aliphatic rings. The molecule has 0 atom stereocenters. The van der Waals surface area contributed by atoms with Crippen LogP contribution in [0, 0.1) is 5.41 Å². The number of aliphatic hydroxyl groups is 1. The van der Waals surface area contributed by atoms with E-state index >= 15 is 0 Å². The second-order valence-corrected chi connectivity index (χ2v) is 8.47. The van der Waals surface area contributed by atoms with E-state index in [1.54, 1.807) is 0 Å². The van der Waals surface area contributed by atoms with Crippen molar-refractivity contribution in [1.82, 2.24) is 9.97 Å². The molecule has 2 rings (SSSR count). The van der Waals surface area contributed by atoms with Crippen molar-refractivity contribution in [2.24, 2.45) is 11.1 Å².